The van der Waals surface area contributed by atoms with E-state index in [-0.39, 0.29) is 6.04 Å². The summed E-state index contributed by atoms with van der Waals surface area (Å²) in [5.74, 6) is 0. The summed E-state index contributed by atoms with van der Waals surface area (Å²) in [6.07, 6.45) is 1.79. The zero-order valence-corrected chi connectivity index (χ0v) is 11.7. The molecule has 4 heteroatoms. The molecule has 0 aliphatic heterocycles. The van der Waals surface area contributed by atoms with Crippen molar-refractivity contribution in [3.63, 3.8) is 0 Å². The van der Waals surface area contributed by atoms with E-state index in [0.717, 1.165) is 21.3 Å². The van der Waals surface area contributed by atoms with Crippen LogP contribution in [0.25, 0.3) is 0 Å². The topological polar surface area (TPSA) is 38.9 Å². The zero-order valence-electron chi connectivity index (χ0n) is 9.32. The summed E-state index contributed by atoms with van der Waals surface area (Å²) in [5.41, 5.74) is 9.01. The SMILES string of the molecule is Cc1ccc(C(N)c2ccc(Br)cc2Cl)cn1. The van der Waals surface area contributed by atoms with E-state index in [4.69, 9.17) is 17.3 Å². The number of hydrogen-bond acceptors (Lipinski definition) is 2. The Kier molecular flexibility index (Phi) is 3.82. The molecule has 1 aromatic carbocycles. The highest BCUT2D eigenvalue weighted by molar-refractivity contribution is 9.10. The number of halogens is 2. The summed E-state index contributed by atoms with van der Waals surface area (Å²) in [6, 6.07) is 9.38. The first kappa shape index (κ1) is 12.6. The molecule has 2 N–H and O–H groups in total. The van der Waals surface area contributed by atoms with Gasteiger partial charge in [-0.2, -0.15) is 0 Å². The lowest BCUT2D eigenvalue weighted by Crippen LogP contribution is -2.12. The first-order valence-corrected chi connectivity index (χ1v) is 6.38. The fraction of sp³-hybridized carbons (Fsp3) is 0.154. The van der Waals surface area contributed by atoms with Crippen molar-refractivity contribution in [1.82, 2.24) is 4.98 Å². The molecule has 2 rings (SSSR count). The predicted molar refractivity (Wildman–Crippen MR) is 74.2 cm³/mol. The minimum atomic E-state index is -0.247. The molecule has 0 amide bonds. The normalized spacial score (nSPS) is 12.5. The summed E-state index contributed by atoms with van der Waals surface area (Å²) in [5, 5.41) is 0.660. The molecule has 17 heavy (non-hydrogen) atoms. The molecule has 1 unspecified atom stereocenters. The molecule has 2 aromatic rings. The lowest BCUT2D eigenvalue weighted by atomic mass is 10.0. The van der Waals surface area contributed by atoms with Crippen LogP contribution in [-0.2, 0) is 0 Å². The second kappa shape index (κ2) is 5.17. The molecule has 1 atom stereocenters. The molecule has 88 valence electrons. The van der Waals surface area contributed by atoms with Gasteiger partial charge in [0.15, 0.2) is 0 Å². The van der Waals surface area contributed by atoms with E-state index in [9.17, 15) is 0 Å². The Labute approximate surface area is 114 Å². The fourth-order valence-corrected chi connectivity index (χ4v) is 2.39. The van der Waals surface area contributed by atoms with Gasteiger partial charge < -0.3 is 5.73 Å². The fourth-order valence-electron chi connectivity index (χ4n) is 1.60. The Hall–Kier alpha value is -0.900. The molecule has 0 spiro atoms. The third-order valence-electron chi connectivity index (χ3n) is 2.59. The Morgan fingerprint density at radius 1 is 1.29 bits per heavy atom. The van der Waals surface area contributed by atoms with Crippen molar-refractivity contribution in [3.8, 4) is 0 Å². The molecule has 0 aliphatic rings. The van der Waals surface area contributed by atoms with Crippen LogP contribution in [0.3, 0.4) is 0 Å². The van der Waals surface area contributed by atoms with Crippen LogP contribution in [0.2, 0.25) is 5.02 Å². The number of rotatable bonds is 2. The average molecular weight is 312 g/mol. The molecule has 1 aromatic heterocycles. The van der Waals surface area contributed by atoms with Gasteiger partial charge in [0, 0.05) is 21.4 Å². The van der Waals surface area contributed by atoms with E-state index in [1.54, 1.807) is 6.20 Å². The van der Waals surface area contributed by atoms with Crippen LogP contribution < -0.4 is 5.73 Å². The summed E-state index contributed by atoms with van der Waals surface area (Å²) in [7, 11) is 0. The van der Waals surface area contributed by atoms with Gasteiger partial charge in [-0.05, 0) is 36.2 Å². The lowest BCUT2D eigenvalue weighted by Gasteiger charge is -2.14. The summed E-state index contributed by atoms with van der Waals surface area (Å²) >= 11 is 9.55. The molecule has 0 radical (unpaired) electrons. The molecule has 1 heterocycles. The Bertz CT molecular complexity index is 525. The second-order valence-electron chi connectivity index (χ2n) is 3.88. The molecule has 2 nitrogen and oxygen atoms in total. The van der Waals surface area contributed by atoms with Crippen LogP contribution in [0.15, 0.2) is 41.0 Å². The van der Waals surface area contributed by atoms with Crippen LogP contribution in [0, 0.1) is 6.92 Å². The first-order chi connectivity index (χ1) is 8.08. The number of aromatic nitrogens is 1. The highest BCUT2D eigenvalue weighted by atomic mass is 79.9. The third-order valence-corrected chi connectivity index (χ3v) is 3.41. The van der Waals surface area contributed by atoms with E-state index in [2.05, 4.69) is 20.9 Å². The van der Waals surface area contributed by atoms with Crippen molar-refractivity contribution in [3.05, 3.63) is 62.8 Å². The van der Waals surface area contributed by atoms with Crippen LogP contribution in [0.4, 0.5) is 0 Å². The van der Waals surface area contributed by atoms with Crippen LogP contribution >= 0.6 is 27.5 Å². The molecule has 0 bridgehead atoms. The van der Waals surface area contributed by atoms with Crippen molar-refractivity contribution in [1.29, 1.82) is 0 Å². The number of nitrogens with two attached hydrogens (primary N) is 1. The molecular weight excluding hydrogens is 300 g/mol. The smallest absolute Gasteiger partial charge is 0.0581 e. The molecule has 0 saturated carbocycles. The van der Waals surface area contributed by atoms with Gasteiger partial charge >= 0.3 is 0 Å². The first-order valence-electron chi connectivity index (χ1n) is 5.21. The van der Waals surface area contributed by atoms with Crippen molar-refractivity contribution < 1.29 is 0 Å². The standard InChI is InChI=1S/C13H12BrClN2/c1-8-2-3-9(7-17-8)13(16)11-5-4-10(14)6-12(11)15/h2-7,13H,16H2,1H3. The third kappa shape index (κ3) is 2.86. The van der Waals surface area contributed by atoms with Crippen molar-refractivity contribution in [2.45, 2.75) is 13.0 Å². The Morgan fingerprint density at radius 3 is 2.65 bits per heavy atom. The van der Waals surface area contributed by atoms with E-state index >= 15 is 0 Å². The van der Waals surface area contributed by atoms with Crippen molar-refractivity contribution in [2.75, 3.05) is 0 Å². The van der Waals surface area contributed by atoms with Crippen LogP contribution in [0.5, 0.6) is 0 Å². The number of benzene rings is 1. The largest absolute Gasteiger partial charge is 0.320 e. The maximum absolute atomic E-state index is 6.18. The van der Waals surface area contributed by atoms with Gasteiger partial charge in [0.1, 0.15) is 0 Å². The van der Waals surface area contributed by atoms with Crippen molar-refractivity contribution >= 4 is 27.5 Å². The van der Waals surface area contributed by atoms with E-state index in [1.165, 1.54) is 0 Å². The van der Waals surface area contributed by atoms with E-state index in [1.807, 2.05) is 37.3 Å². The molecular formula is C13H12BrClN2. The van der Waals surface area contributed by atoms with Gasteiger partial charge in [-0.15, -0.1) is 0 Å². The highest BCUT2D eigenvalue weighted by Gasteiger charge is 2.12. The summed E-state index contributed by atoms with van der Waals surface area (Å²) in [4.78, 5) is 4.24. The van der Waals surface area contributed by atoms with E-state index in [0.29, 0.717) is 5.02 Å². The maximum Gasteiger partial charge on any atom is 0.0581 e. The Balaban J connectivity index is 2.36. The lowest BCUT2D eigenvalue weighted by molar-refractivity contribution is 0.860. The molecule has 0 saturated heterocycles. The average Bonchev–Trinajstić information content (AvgIpc) is 2.29. The molecule has 0 aliphatic carbocycles. The van der Waals surface area contributed by atoms with Gasteiger partial charge in [0.05, 0.1) is 6.04 Å². The quantitative estimate of drug-likeness (QED) is 0.915. The number of hydrogen-bond donors (Lipinski definition) is 1. The minimum Gasteiger partial charge on any atom is -0.320 e. The van der Waals surface area contributed by atoms with Gasteiger partial charge in [-0.1, -0.05) is 39.7 Å². The van der Waals surface area contributed by atoms with Crippen LogP contribution in [-0.4, -0.2) is 4.98 Å². The Morgan fingerprint density at radius 2 is 2.06 bits per heavy atom. The number of nitrogens with zero attached hydrogens (tertiary/aromatic N) is 1. The monoisotopic (exact) mass is 310 g/mol. The van der Waals surface area contributed by atoms with Gasteiger partial charge in [-0.3, -0.25) is 4.98 Å². The predicted octanol–water partition coefficient (Wildman–Crippen LogP) is 3.85. The minimum absolute atomic E-state index is 0.247. The number of aryl methyl sites for hydroxylation is 1. The maximum atomic E-state index is 6.18. The van der Waals surface area contributed by atoms with Gasteiger partial charge in [0.2, 0.25) is 0 Å². The zero-order chi connectivity index (χ0) is 12.4. The summed E-state index contributed by atoms with van der Waals surface area (Å²) in [6.45, 7) is 1.95. The van der Waals surface area contributed by atoms with Crippen molar-refractivity contribution in [2.24, 2.45) is 5.73 Å². The summed E-state index contributed by atoms with van der Waals surface area (Å²) < 4.78 is 0.945. The van der Waals surface area contributed by atoms with Crippen LogP contribution in [0.1, 0.15) is 22.9 Å². The number of pyridine rings is 1. The second-order valence-corrected chi connectivity index (χ2v) is 5.20. The molecule has 0 fully saturated rings. The van der Waals surface area contributed by atoms with E-state index < -0.39 is 0 Å². The highest BCUT2D eigenvalue weighted by Crippen LogP contribution is 2.28. The van der Waals surface area contributed by atoms with Gasteiger partial charge in [-0.25, -0.2) is 0 Å². The van der Waals surface area contributed by atoms with Gasteiger partial charge in [0.25, 0.3) is 0 Å².